The molecule has 1 aromatic carbocycles. The number of ether oxygens (including phenoxy) is 1. The Morgan fingerprint density at radius 1 is 1.32 bits per heavy atom. The van der Waals surface area contributed by atoms with Crippen molar-refractivity contribution in [2.24, 2.45) is 7.05 Å². The van der Waals surface area contributed by atoms with Crippen LogP contribution in [0.4, 0.5) is 4.79 Å². The fraction of sp³-hybridized carbons (Fsp3) is 0.444. The van der Waals surface area contributed by atoms with Gasteiger partial charge in [-0.15, -0.1) is 0 Å². The molecule has 0 spiro atoms. The highest BCUT2D eigenvalue weighted by molar-refractivity contribution is 5.74. The first-order valence-corrected chi connectivity index (χ1v) is 8.22. The van der Waals surface area contributed by atoms with E-state index in [1.165, 1.54) is 0 Å². The number of nitrogens with one attached hydrogen (secondary N) is 1. The second-order valence-electron chi connectivity index (χ2n) is 5.92. The maximum atomic E-state index is 12.5. The second-order valence-corrected chi connectivity index (χ2v) is 5.92. The smallest absolute Gasteiger partial charge is 0.318 e. The third-order valence-electron chi connectivity index (χ3n) is 4.27. The van der Waals surface area contributed by atoms with E-state index in [1.807, 2.05) is 45.2 Å². The van der Waals surface area contributed by atoms with Gasteiger partial charge in [-0.25, -0.2) is 4.79 Å². The van der Waals surface area contributed by atoms with Crippen LogP contribution < -0.4 is 10.1 Å². The topological polar surface area (TPSA) is 79.6 Å². The summed E-state index contributed by atoms with van der Waals surface area (Å²) in [5.74, 6) is 0.777. The molecule has 2 N–H and O–H groups in total. The van der Waals surface area contributed by atoms with Gasteiger partial charge in [-0.1, -0.05) is 12.1 Å². The number of benzene rings is 1. The maximum Gasteiger partial charge on any atom is 0.318 e. The summed E-state index contributed by atoms with van der Waals surface area (Å²) < 4.78 is 6.93. The highest BCUT2D eigenvalue weighted by Crippen LogP contribution is 2.15. The molecule has 2 aromatic rings. The largest absolute Gasteiger partial charge is 0.497 e. The Balaban J connectivity index is 2.01. The molecule has 0 aliphatic rings. The fourth-order valence-electron chi connectivity index (χ4n) is 2.64. The van der Waals surface area contributed by atoms with Gasteiger partial charge >= 0.3 is 6.03 Å². The van der Waals surface area contributed by atoms with Crippen LogP contribution in [0.15, 0.2) is 24.3 Å². The van der Waals surface area contributed by atoms with Crippen molar-refractivity contribution in [2.75, 3.05) is 20.3 Å². The number of hydrogen-bond donors (Lipinski definition) is 2. The summed E-state index contributed by atoms with van der Waals surface area (Å²) in [5.41, 5.74) is 3.90. The van der Waals surface area contributed by atoms with Crippen LogP contribution in [0, 0.1) is 13.8 Å². The van der Waals surface area contributed by atoms with Crippen LogP contribution in [-0.2, 0) is 20.1 Å². The number of nitrogens with zero attached hydrogens (tertiary/aromatic N) is 3. The highest BCUT2D eigenvalue weighted by Gasteiger charge is 2.18. The average Bonchev–Trinajstić information content (AvgIpc) is 2.85. The van der Waals surface area contributed by atoms with E-state index in [0.717, 1.165) is 28.3 Å². The number of rotatable bonds is 7. The van der Waals surface area contributed by atoms with E-state index in [1.54, 1.807) is 16.7 Å². The van der Waals surface area contributed by atoms with E-state index in [2.05, 4.69) is 10.4 Å². The summed E-state index contributed by atoms with van der Waals surface area (Å²) in [6.45, 7) is 4.91. The lowest BCUT2D eigenvalue weighted by Gasteiger charge is -2.22. The minimum atomic E-state index is -0.215. The molecule has 1 aromatic heterocycles. The molecular formula is C18H26N4O3. The average molecular weight is 346 g/mol. The molecule has 2 rings (SSSR count). The summed E-state index contributed by atoms with van der Waals surface area (Å²) in [6.07, 6.45) is 0. The molecule has 7 nitrogen and oxygen atoms in total. The molecule has 0 saturated carbocycles. The van der Waals surface area contributed by atoms with Crippen LogP contribution in [0.5, 0.6) is 5.75 Å². The first kappa shape index (κ1) is 18.8. The zero-order chi connectivity index (χ0) is 18.4. The summed E-state index contributed by atoms with van der Waals surface area (Å²) in [7, 11) is 3.50. The van der Waals surface area contributed by atoms with Crippen LogP contribution in [0.1, 0.15) is 22.5 Å². The van der Waals surface area contributed by atoms with Crippen LogP contribution in [0.3, 0.4) is 0 Å². The van der Waals surface area contributed by atoms with Crippen molar-refractivity contribution in [3.63, 3.8) is 0 Å². The summed E-state index contributed by atoms with van der Waals surface area (Å²) in [4.78, 5) is 14.1. The fourth-order valence-corrected chi connectivity index (χ4v) is 2.64. The number of aliphatic hydroxyl groups excluding tert-OH is 1. The van der Waals surface area contributed by atoms with Crippen molar-refractivity contribution >= 4 is 6.03 Å². The first-order valence-electron chi connectivity index (χ1n) is 8.22. The zero-order valence-corrected chi connectivity index (χ0v) is 15.2. The van der Waals surface area contributed by atoms with E-state index in [0.29, 0.717) is 13.1 Å². The summed E-state index contributed by atoms with van der Waals surface area (Å²) >= 11 is 0. The van der Waals surface area contributed by atoms with E-state index in [9.17, 15) is 9.90 Å². The number of aromatic nitrogens is 2. The molecule has 0 bridgehead atoms. The van der Waals surface area contributed by atoms with Gasteiger partial charge in [-0.3, -0.25) is 4.68 Å². The lowest BCUT2D eigenvalue weighted by molar-refractivity contribution is 0.173. The lowest BCUT2D eigenvalue weighted by atomic mass is 10.2. The predicted molar refractivity (Wildman–Crippen MR) is 95.4 cm³/mol. The van der Waals surface area contributed by atoms with Crippen molar-refractivity contribution in [1.82, 2.24) is 20.0 Å². The van der Waals surface area contributed by atoms with E-state index >= 15 is 0 Å². The maximum absolute atomic E-state index is 12.5. The number of carbonyl (C=O) groups is 1. The van der Waals surface area contributed by atoms with Crippen molar-refractivity contribution in [1.29, 1.82) is 0 Å². The molecule has 0 unspecified atom stereocenters. The lowest BCUT2D eigenvalue weighted by Crippen LogP contribution is -2.41. The zero-order valence-electron chi connectivity index (χ0n) is 15.2. The Kier molecular flexibility index (Phi) is 6.41. The van der Waals surface area contributed by atoms with Crippen LogP contribution in [0.2, 0.25) is 0 Å². The van der Waals surface area contributed by atoms with Gasteiger partial charge in [0, 0.05) is 31.4 Å². The van der Waals surface area contributed by atoms with Crippen LogP contribution >= 0.6 is 0 Å². The molecule has 0 aliphatic carbocycles. The van der Waals surface area contributed by atoms with Gasteiger partial charge < -0.3 is 20.1 Å². The van der Waals surface area contributed by atoms with Crippen LogP contribution in [0.25, 0.3) is 0 Å². The Bertz CT molecular complexity index is 710. The number of carbonyl (C=O) groups excluding carboxylic acids is 1. The minimum Gasteiger partial charge on any atom is -0.497 e. The Labute approximate surface area is 148 Å². The normalized spacial score (nSPS) is 10.6. The molecule has 0 aliphatic heterocycles. The Hall–Kier alpha value is -2.54. The van der Waals surface area contributed by atoms with E-state index < -0.39 is 0 Å². The van der Waals surface area contributed by atoms with Gasteiger partial charge in [-0.05, 0) is 31.5 Å². The highest BCUT2D eigenvalue weighted by atomic mass is 16.5. The standard InChI is InChI=1S/C18H26N4O3/c1-13-17(14(2)21(3)20-13)12-22(9-10-23)18(24)19-11-15-5-7-16(25-4)8-6-15/h5-8,23H,9-12H2,1-4H3,(H,19,24). The van der Waals surface area contributed by atoms with Gasteiger partial charge in [0.05, 0.1) is 26.0 Å². The minimum absolute atomic E-state index is 0.0890. The molecule has 0 radical (unpaired) electrons. The number of methoxy groups -OCH3 is 1. The Morgan fingerprint density at radius 3 is 2.52 bits per heavy atom. The molecule has 0 fully saturated rings. The molecule has 1 heterocycles. The molecule has 0 saturated heterocycles. The van der Waals surface area contributed by atoms with Crippen molar-refractivity contribution in [2.45, 2.75) is 26.9 Å². The monoisotopic (exact) mass is 346 g/mol. The summed E-state index contributed by atoms with van der Waals surface area (Å²) in [6, 6.07) is 7.31. The SMILES string of the molecule is COc1ccc(CNC(=O)N(CCO)Cc2c(C)nn(C)c2C)cc1. The quantitative estimate of drug-likeness (QED) is 0.800. The molecule has 7 heteroatoms. The summed E-state index contributed by atoms with van der Waals surface area (Å²) in [5, 5.41) is 16.6. The second kappa shape index (κ2) is 8.53. The van der Waals surface area contributed by atoms with Crippen molar-refractivity contribution in [3.05, 3.63) is 46.8 Å². The van der Waals surface area contributed by atoms with Gasteiger partial charge in [0.1, 0.15) is 5.75 Å². The molecular weight excluding hydrogens is 320 g/mol. The number of aryl methyl sites for hydroxylation is 2. The molecule has 0 atom stereocenters. The van der Waals surface area contributed by atoms with E-state index in [4.69, 9.17) is 4.74 Å². The molecule has 2 amide bonds. The van der Waals surface area contributed by atoms with Crippen LogP contribution in [-0.4, -0.2) is 46.1 Å². The van der Waals surface area contributed by atoms with Crippen molar-refractivity contribution < 1.29 is 14.6 Å². The van der Waals surface area contributed by atoms with Gasteiger partial charge in [-0.2, -0.15) is 5.10 Å². The molecule has 136 valence electrons. The molecule has 25 heavy (non-hydrogen) atoms. The number of aliphatic hydroxyl groups is 1. The number of urea groups is 1. The third-order valence-corrected chi connectivity index (χ3v) is 4.27. The Morgan fingerprint density at radius 2 is 2.00 bits per heavy atom. The van der Waals surface area contributed by atoms with Crippen molar-refractivity contribution in [3.8, 4) is 5.75 Å². The first-order chi connectivity index (χ1) is 12.0. The third kappa shape index (κ3) is 4.73. The van der Waals surface area contributed by atoms with Gasteiger partial charge in [0.2, 0.25) is 0 Å². The number of hydrogen-bond acceptors (Lipinski definition) is 4. The van der Waals surface area contributed by atoms with E-state index in [-0.39, 0.29) is 19.2 Å². The van der Waals surface area contributed by atoms with Gasteiger partial charge in [0.25, 0.3) is 0 Å². The van der Waals surface area contributed by atoms with Gasteiger partial charge in [0.15, 0.2) is 0 Å². The predicted octanol–water partition coefficient (Wildman–Crippen LogP) is 1.75. The number of amides is 2.